The van der Waals surface area contributed by atoms with Crippen LogP contribution in [0.25, 0.3) is 0 Å². The molecule has 1 nitrogen and oxygen atoms in total. The van der Waals surface area contributed by atoms with Crippen molar-refractivity contribution in [2.45, 2.75) is 0 Å². The molecule has 1 aromatic rings. The maximum atomic E-state index is 11.8. The molecule has 0 aliphatic carbocycles. The second-order valence-corrected chi connectivity index (χ2v) is 2.48. The first-order chi connectivity index (χ1) is 4.33. The van der Waals surface area contributed by atoms with Crippen molar-refractivity contribution in [2.24, 2.45) is 0 Å². The first-order valence-corrected chi connectivity index (χ1v) is 3.43. The van der Waals surface area contributed by atoms with Gasteiger partial charge in [0.2, 0.25) is 0 Å². The minimum atomic E-state index is -0.629. The third-order valence-corrected chi connectivity index (χ3v) is 1.57. The van der Waals surface area contributed by atoms with Crippen molar-refractivity contribution in [1.82, 2.24) is 0 Å². The topological polar surface area (TPSA) is 26.0 Å². The predicted molar refractivity (Wildman–Crippen MR) is 37.4 cm³/mol. The third kappa shape index (κ3) is 1.53. The summed E-state index contributed by atoms with van der Waals surface area (Å²) in [6.07, 6.45) is 0. The molecule has 2 N–H and O–H groups in total. The zero-order chi connectivity index (χ0) is 6.69. The lowest BCUT2D eigenvalue weighted by Crippen LogP contribution is -2.08. The highest BCUT2D eigenvalue weighted by Crippen LogP contribution is 1.95. The highest BCUT2D eigenvalue weighted by atomic mass is 28.3. The van der Waals surface area contributed by atoms with Gasteiger partial charge in [0.05, 0.1) is 0 Å². The molecule has 0 saturated heterocycles. The van der Waals surface area contributed by atoms with Crippen LogP contribution in [-0.2, 0) is 0 Å². The summed E-state index contributed by atoms with van der Waals surface area (Å²) < 4.78 is 11.8. The maximum absolute atomic E-state index is 11.8. The minimum absolute atomic E-state index is 0.629. The Morgan fingerprint density at radius 2 is 1.78 bits per heavy atom. The molecule has 0 amide bonds. The molecule has 2 radical (unpaired) electrons. The highest BCUT2D eigenvalue weighted by Gasteiger charge is 1.90. The molecule has 0 saturated carbocycles. The van der Waals surface area contributed by atoms with Gasteiger partial charge in [0.25, 0.3) is 0 Å². The van der Waals surface area contributed by atoms with Crippen molar-refractivity contribution in [3.05, 3.63) is 24.3 Å². The summed E-state index contributed by atoms with van der Waals surface area (Å²) >= 11 is 0. The second kappa shape index (κ2) is 2.64. The van der Waals surface area contributed by atoms with E-state index in [1.54, 1.807) is 24.3 Å². The molecule has 46 valence electrons. The Labute approximate surface area is 55.7 Å². The van der Waals surface area contributed by atoms with Gasteiger partial charge in [-0.3, -0.25) is 0 Å². The highest BCUT2D eigenvalue weighted by molar-refractivity contribution is 6.46. The number of rotatable bonds is 1. The van der Waals surface area contributed by atoms with Crippen LogP contribution in [0.2, 0.25) is 0 Å². The quantitative estimate of drug-likeness (QED) is 0.342. The van der Waals surface area contributed by atoms with Crippen LogP contribution >= 0.6 is 0 Å². The molecule has 1 aromatic carbocycles. The molecular formula is C6H6FNSi. The van der Waals surface area contributed by atoms with E-state index in [-0.39, 0.29) is 0 Å². The molecule has 0 atom stereocenters. The lowest BCUT2D eigenvalue weighted by atomic mass is 10.3. The smallest absolute Gasteiger partial charge is 0.333 e. The molecule has 0 bridgehead atoms. The van der Waals surface area contributed by atoms with Crippen molar-refractivity contribution in [3.63, 3.8) is 0 Å². The Balaban J connectivity index is 2.88. The fourth-order valence-electron chi connectivity index (χ4n) is 0.546. The maximum Gasteiger partial charge on any atom is 0.333 e. The van der Waals surface area contributed by atoms with Crippen LogP contribution in [0.1, 0.15) is 0 Å². The van der Waals surface area contributed by atoms with Crippen molar-refractivity contribution in [3.8, 4) is 0 Å². The Hall–Kier alpha value is -0.833. The van der Waals surface area contributed by atoms with Crippen LogP contribution in [0, 0.1) is 0 Å². The molecule has 0 heterocycles. The number of hydrogen-bond acceptors (Lipinski definition) is 1. The van der Waals surface area contributed by atoms with E-state index in [4.69, 9.17) is 5.73 Å². The average Bonchev–Trinajstić information content (AvgIpc) is 1.90. The first-order valence-electron chi connectivity index (χ1n) is 2.55. The number of nitrogen functional groups attached to an aromatic ring is 1. The summed E-state index contributed by atoms with van der Waals surface area (Å²) in [6, 6.07) is 6.77. The lowest BCUT2D eigenvalue weighted by Gasteiger charge is -1.91. The molecule has 1 rings (SSSR count). The standard InChI is InChI=1S/C6H6FNSi/c7-9-6-3-1-5(8)2-4-6/h1-4H,8H2. The Morgan fingerprint density at radius 3 is 2.22 bits per heavy atom. The SMILES string of the molecule is Nc1ccc([Si]F)cc1. The normalized spacial score (nSPS) is 9.44. The summed E-state index contributed by atoms with van der Waals surface area (Å²) in [7, 11) is -0.629. The predicted octanol–water partition coefficient (Wildman–Crippen LogP) is 0.483. The van der Waals surface area contributed by atoms with E-state index in [2.05, 4.69) is 0 Å². The van der Waals surface area contributed by atoms with E-state index in [1.807, 2.05) is 0 Å². The van der Waals surface area contributed by atoms with Crippen molar-refractivity contribution < 1.29 is 4.11 Å². The van der Waals surface area contributed by atoms with Gasteiger partial charge in [-0.2, -0.15) is 0 Å². The number of benzene rings is 1. The van der Waals surface area contributed by atoms with Gasteiger partial charge in [-0.25, -0.2) is 0 Å². The summed E-state index contributed by atoms with van der Waals surface area (Å²) in [5.74, 6) is 0. The second-order valence-electron chi connectivity index (χ2n) is 1.72. The van der Waals surface area contributed by atoms with E-state index in [0.717, 1.165) is 0 Å². The fraction of sp³-hybridized carbons (Fsp3) is 0. The van der Waals surface area contributed by atoms with Crippen LogP contribution in [0.15, 0.2) is 24.3 Å². The van der Waals surface area contributed by atoms with Gasteiger partial charge in [0.15, 0.2) is 0 Å². The summed E-state index contributed by atoms with van der Waals surface area (Å²) in [5.41, 5.74) is 6.04. The minimum Gasteiger partial charge on any atom is -0.399 e. The van der Waals surface area contributed by atoms with Crippen LogP contribution < -0.4 is 10.9 Å². The van der Waals surface area contributed by atoms with Crippen molar-refractivity contribution in [1.29, 1.82) is 0 Å². The molecular weight excluding hydrogens is 133 g/mol. The molecule has 0 spiro atoms. The number of hydrogen-bond donors (Lipinski definition) is 1. The molecule has 3 heteroatoms. The molecule has 0 aliphatic rings. The van der Waals surface area contributed by atoms with Crippen molar-refractivity contribution in [2.75, 3.05) is 5.73 Å². The van der Waals surface area contributed by atoms with E-state index >= 15 is 0 Å². The summed E-state index contributed by atoms with van der Waals surface area (Å²) in [5, 5.41) is 0.698. The van der Waals surface area contributed by atoms with Gasteiger partial charge >= 0.3 is 9.85 Å². The van der Waals surface area contributed by atoms with E-state index < -0.39 is 9.85 Å². The van der Waals surface area contributed by atoms with Gasteiger partial charge in [0.1, 0.15) is 0 Å². The van der Waals surface area contributed by atoms with Crippen molar-refractivity contribution >= 4 is 20.7 Å². The number of nitrogens with two attached hydrogens (primary N) is 1. The number of anilines is 1. The molecule has 0 aliphatic heterocycles. The Bertz CT molecular complexity index is 185. The zero-order valence-corrected chi connectivity index (χ0v) is 5.76. The van der Waals surface area contributed by atoms with Gasteiger partial charge in [-0.05, 0) is 17.3 Å². The third-order valence-electron chi connectivity index (χ3n) is 1.02. The van der Waals surface area contributed by atoms with Crippen LogP contribution in [0.5, 0.6) is 0 Å². The van der Waals surface area contributed by atoms with E-state index in [9.17, 15) is 4.11 Å². The molecule has 0 aromatic heterocycles. The zero-order valence-electron chi connectivity index (χ0n) is 4.76. The van der Waals surface area contributed by atoms with Crippen LogP contribution in [0.4, 0.5) is 9.80 Å². The first kappa shape index (κ1) is 6.29. The molecule has 9 heavy (non-hydrogen) atoms. The van der Waals surface area contributed by atoms with Gasteiger partial charge in [-0.1, -0.05) is 12.1 Å². The van der Waals surface area contributed by atoms with Gasteiger partial charge in [0, 0.05) is 5.69 Å². The van der Waals surface area contributed by atoms with Crippen LogP contribution in [-0.4, -0.2) is 9.85 Å². The summed E-state index contributed by atoms with van der Waals surface area (Å²) in [6.45, 7) is 0. The fourth-order valence-corrected chi connectivity index (χ4v) is 0.839. The Kier molecular flexibility index (Phi) is 1.84. The average molecular weight is 139 g/mol. The largest absolute Gasteiger partial charge is 0.399 e. The molecule has 0 fully saturated rings. The van der Waals surface area contributed by atoms with E-state index in [1.165, 1.54) is 0 Å². The van der Waals surface area contributed by atoms with Crippen LogP contribution in [0.3, 0.4) is 0 Å². The number of halogens is 1. The Morgan fingerprint density at radius 1 is 1.22 bits per heavy atom. The summed E-state index contributed by atoms with van der Waals surface area (Å²) in [4.78, 5) is 0. The monoisotopic (exact) mass is 139 g/mol. The molecule has 0 unspecified atom stereocenters. The van der Waals surface area contributed by atoms with Gasteiger partial charge in [-0.15, -0.1) is 0 Å². The lowest BCUT2D eigenvalue weighted by molar-refractivity contribution is 0.885. The van der Waals surface area contributed by atoms with Gasteiger partial charge < -0.3 is 9.84 Å². The van der Waals surface area contributed by atoms with E-state index in [0.29, 0.717) is 10.9 Å².